The molecule has 2 aromatic carbocycles. The van der Waals surface area contributed by atoms with Crippen LogP contribution in [0.3, 0.4) is 0 Å². The number of aryl methyl sites for hydroxylation is 1. The summed E-state index contributed by atoms with van der Waals surface area (Å²) >= 11 is 0. The topological polar surface area (TPSA) is 44.5 Å². The monoisotopic (exact) mass is 327 g/mol. The van der Waals surface area contributed by atoms with Gasteiger partial charge in [-0.2, -0.15) is 0 Å². The number of rotatable bonds is 2. The van der Waals surface area contributed by atoms with Gasteiger partial charge in [-0.05, 0) is 68.9 Å². The van der Waals surface area contributed by atoms with E-state index in [1.54, 1.807) is 6.07 Å². The van der Waals surface area contributed by atoms with Gasteiger partial charge in [0, 0.05) is 0 Å². The average Bonchev–Trinajstić information content (AvgIpc) is 2.71. The summed E-state index contributed by atoms with van der Waals surface area (Å²) in [6.45, 7) is 9.99. The third-order valence-corrected chi connectivity index (χ3v) is 5.07. The van der Waals surface area contributed by atoms with Crippen molar-refractivity contribution in [1.29, 1.82) is 0 Å². The normalized spacial score (nSPS) is 18.8. The smallest absolute Gasteiger partial charge is 0.399 e. The van der Waals surface area contributed by atoms with E-state index in [1.165, 1.54) is 6.07 Å². The first-order valence-electron chi connectivity index (χ1n) is 8.12. The van der Waals surface area contributed by atoms with Crippen molar-refractivity contribution in [2.24, 2.45) is 0 Å². The number of hydrogen-bond acceptors (Lipinski definition) is 3. The zero-order valence-corrected chi connectivity index (χ0v) is 14.8. The van der Waals surface area contributed by atoms with Crippen molar-refractivity contribution in [3.05, 3.63) is 47.8 Å². The number of nitrogen functional groups attached to an aromatic ring is 1. The van der Waals surface area contributed by atoms with Crippen molar-refractivity contribution in [3.63, 3.8) is 0 Å². The molecule has 0 aliphatic carbocycles. The molecule has 2 aromatic rings. The predicted molar refractivity (Wildman–Crippen MR) is 96.7 cm³/mol. The van der Waals surface area contributed by atoms with Crippen LogP contribution in [0.5, 0.6) is 0 Å². The van der Waals surface area contributed by atoms with Gasteiger partial charge in [-0.1, -0.05) is 24.3 Å². The SMILES string of the molecule is Cc1cc(F)c(N)cc1-c1cccc(B2OC(C)(C)C(C)(C)O2)c1. The number of nitrogens with two attached hydrogens (primary N) is 1. The molecule has 3 rings (SSSR count). The third kappa shape index (κ3) is 2.83. The molecule has 1 heterocycles. The molecule has 0 unspecified atom stereocenters. The standard InChI is InChI=1S/C19H23BFNO2/c1-12-9-16(21)17(22)11-15(12)13-7-6-8-14(10-13)20-23-18(2,3)19(4,5)24-20/h6-11H,22H2,1-5H3. The van der Waals surface area contributed by atoms with E-state index in [-0.39, 0.29) is 16.9 Å². The molecule has 0 spiro atoms. The Morgan fingerprint density at radius 3 is 2.25 bits per heavy atom. The molecule has 5 heteroatoms. The summed E-state index contributed by atoms with van der Waals surface area (Å²) in [4.78, 5) is 0. The second-order valence-corrected chi connectivity index (χ2v) is 7.40. The second kappa shape index (κ2) is 5.61. The van der Waals surface area contributed by atoms with Gasteiger partial charge in [0.15, 0.2) is 0 Å². The first-order valence-corrected chi connectivity index (χ1v) is 8.12. The first-order chi connectivity index (χ1) is 11.1. The van der Waals surface area contributed by atoms with Crippen LogP contribution in [0, 0.1) is 12.7 Å². The lowest BCUT2D eigenvalue weighted by atomic mass is 9.77. The summed E-state index contributed by atoms with van der Waals surface area (Å²) in [6, 6.07) is 11.1. The maximum Gasteiger partial charge on any atom is 0.494 e. The molecule has 0 aromatic heterocycles. The van der Waals surface area contributed by atoms with Gasteiger partial charge in [-0.15, -0.1) is 0 Å². The maximum absolute atomic E-state index is 13.6. The molecule has 24 heavy (non-hydrogen) atoms. The van der Waals surface area contributed by atoms with Gasteiger partial charge >= 0.3 is 7.12 Å². The Kier molecular flexibility index (Phi) is 3.97. The van der Waals surface area contributed by atoms with Crippen molar-refractivity contribution in [3.8, 4) is 11.1 Å². The molecular formula is C19H23BFNO2. The van der Waals surface area contributed by atoms with Gasteiger partial charge < -0.3 is 15.0 Å². The predicted octanol–water partition coefficient (Wildman–Crippen LogP) is 3.68. The Morgan fingerprint density at radius 2 is 1.62 bits per heavy atom. The van der Waals surface area contributed by atoms with Gasteiger partial charge in [0.1, 0.15) is 5.82 Å². The molecule has 0 atom stereocenters. The molecule has 0 radical (unpaired) electrons. The minimum atomic E-state index is -0.423. The van der Waals surface area contributed by atoms with E-state index < -0.39 is 12.9 Å². The van der Waals surface area contributed by atoms with Crippen LogP contribution in [-0.2, 0) is 9.31 Å². The number of anilines is 1. The minimum absolute atomic E-state index is 0.150. The summed E-state index contributed by atoms with van der Waals surface area (Å²) in [7, 11) is -0.423. The van der Waals surface area contributed by atoms with Crippen LogP contribution in [0.2, 0.25) is 0 Å². The van der Waals surface area contributed by atoms with Crippen molar-refractivity contribution < 1.29 is 13.7 Å². The minimum Gasteiger partial charge on any atom is -0.399 e. The fourth-order valence-corrected chi connectivity index (χ4v) is 2.83. The van der Waals surface area contributed by atoms with Crippen LogP contribution in [0.25, 0.3) is 11.1 Å². The van der Waals surface area contributed by atoms with Gasteiger partial charge in [0.05, 0.1) is 16.9 Å². The summed E-state index contributed by atoms with van der Waals surface area (Å²) in [5.41, 5.74) is 8.77. The van der Waals surface area contributed by atoms with E-state index in [0.29, 0.717) is 0 Å². The van der Waals surface area contributed by atoms with Gasteiger partial charge in [0.2, 0.25) is 0 Å². The average molecular weight is 327 g/mol. The zero-order chi connectivity index (χ0) is 17.7. The highest BCUT2D eigenvalue weighted by Gasteiger charge is 2.51. The Bertz CT molecular complexity index is 773. The Morgan fingerprint density at radius 1 is 1.00 bits per heavy atom. The van der Waals surface area contributed by atoms with Crippen molar-refractivity contribution >= 4 is 18.3 Å². The van der Waals surface area contributed by atoms with Crippen molar-refractivity contribution in [2.75, 3.05) is 5.73 Å². The van der Waals surface area contributed by atoms with Crippen molar-refractivity contribution in [1.82, 2.24) is 0 Å². The summed E-state index contributed by atoms with van der Waals surface area (Å²) in [5.74, 6) is -0.390. The van der Waals surface area contributed by atoms with E-state index in [9.17, 15) is 4.39 Å². The molecule has 126 valence electrons. The lowest BCUT2D eigenvalue weighted by Crippen LogP contribution is -2.41. The highest BCUT2D eigenvalue weighted by molar-refractivity contribution is 6.62. The van der Waals surface area contributed by atoms with Crippen molar-refractivity contribution in [2.45, 2.75) is 45.8 Å². The fourth-order valence-electron chi connectivity index (χ4n) is 2.83. The van der Waals surface area contributed by atoms with Crippen LogP contribution >= 0.6 is 0 Å². The molecule has 1 aliphatic heterocycles. The highest BCUT2D eigenvalue weighted by Crippen LogP contribution is 2.36. The molecule has 3 nitrogen and oxygen atoms in total. The number of benzene rings is 2. The third-order valence-electron chi connectivity index (χ3n) is 5.07. The molecule has 0 bridgehead atoms. The summed E-state index contributed by atoms with van der Waals surface area (Å²) in [5, 5.41) is 0. The summed E-state index contributed by atoms with van der Waals surface area (Å²) in [6.07, 6.45) is 0. The largest absolute Gasteiger partial charge is 0.494 e. The molecule has 1 aliphatic rings. The van der Waals surface area contributed by atoms with Crippen LogP contribution in [0.1, 0.15) is 33.3 Å². The van der Waals surface area contributed by atoms with Gasteiger partial charge in [-0.3, -0.25) is 0 Å². The molecule has 0 amide bonds. The van der Waals surface area contributed by atoms with E-state index >= 15 is 0 Å². The van der Waals surface area contributed by atoms with E-state index in [2.05, 4.69) is 0 Å². The Labute approximate surface area is 143 Å². The van der Waals surface area contributed by atoms with Crippen LogP contribution in [0.15, 0.2) is 36.4 Å². The maximum atomic E-state index is 13.6. The van der Waals surface area contributed by atoms with E-state index in [4.69, 9.17) is 15.0 Å². The molecule has 0 saturated carbocycles. The first kappa shape index (κ1) is 17.0. The van der Waals surface area contributed by atoms with Gasteiger partial charge in [-0.25, -0.2) is 4.39 Å². The highest BCUT2D eigenvalue weighted by atomic mass is 19.1. The molecule has 1 saturated heterocycles. The second-order valence-electron chi connectivity index (χ2n) is 7.40. The van der Waals surface area contributed by atoms with Crippen LogP contribution in [-0.4, -0.2) is 18.3 Å². The van der Waals surface area contributed by atoms with Crippen LogP contribution < -0.4 is 11.2 Å². The Hall–Kier alpha value is -1.85. The van der Waals surface area contributed by atoms with Gasteiger partial charge in [0.25, 0.3) is 0 Å². The summed E-state index contributed by atoms with van der Waals surface area (Å²) < 4.78 is 25.8. The quantitative estimate of drug-likeness (QED) is 0.676. The zero-order valence-electron chi connectivity index (χ0n) is 14.8. The lowest BCUT2D eigenvalue weighted by Gasteiger charge is -2.32. The number of hydrogen-bond donors (Lipinski definition) is 1. The number of halogens is 1. The van der Waals surface area contributed by atoms with Crippen LogP contribution in [0.4, 0.5) is 10.1 Å². The van der Waals surface area contributed by atoms with E-state index in [1.807, 2.05) is 58.9 Å². The fraction of sp³-hybridized carbons (Fsp3) is 0.368. The Balaban J connectivity index is 1.98. The van der Waals surface area contributed by atoms with E-state index in [0.717, 1.165) is 22.2 Å². The lowest BCUT2D eigenvalue weighted by molar-refractivity contribution is 0.00578. The molecule has 2 N–H and O–H groups in total. The molecular weight excluding hydrogens is 304 g/mol. The molecule has 1 fully saturated rings.